The fourth-order valence-corrected chi connectivity index (χ4v) is 1.64. The van der Waals surface area contributed by atoms with Crippen molar-refractivity contribution in [3.63, 3.8) is 0 Å². The summed E-state index contributed by atoms with van der Waals surface area (Å²) >= 11 is 11.8. The minimum atomic E-state index is -0.706. The highest BCUT2D eigenvalue weighted by Crippen LogP contribution is 2.33. The highest BCUT2D eigenvalue weighted by molar-refractivity contribution is 6.37. The molecule has 1 atom stereocenters. The van der Waals surface area contributed by atoms with E-state index in [-0.39, 0.29) is 0 Å². The van der Waals surface area contributed by atoms with E-state index in [0.717, 1.165) is 0 Å². The Morgan fingerprint density at radius 1 is 1.50 bits per heavy atom. The van der Waals surface area contributed by atoms with Crippen molar-refractivity contribution in [2.24, 2.45) is 5.84 Å². The molecule has 16 heavy (non-hydrogen) atoms. The van der Waals surface area contributed by atoms with Crippen molar-refractivity contribution in [2.75, 3.05) is 0 Å². The molecule has 0 saturated carbocycles. The molecule has 0 heterocycles. The summed E-state index contributed by atoms with van der Waals surface area (Å²) in [6, 6.07) is 4.97. The number of benzene rings is 1. The van der Waals surface area contributed by atoms with Crippen LogP contribution in [0.4, 0.5) is 0 Å². The second-order valence-corrected chi connectivity index (χ2v) is 3.89. The van der Waals surface area contributed by atoms with Crippen LogP contribution in [0.5, 0.6) is 5.75 Å². The van der Waals surface area contributed by atoms with Crippen LogP contribution in [-0.4, -0.2) is 12.0 Å². The summed E-state index contributed by atoms with van der Waals surface area (Å²) in [5.41, 5.74) is 2.03. The van der Waals surface area contributed by atoms with Crippen molar-refractivity contribution >= 4 is 29.1 Å². The highest BCUT2D eigenvalue weighted by Gasteiger charge is 2.19. The van der Waals surface area contributed by atoms with Crippen molar-refractivity contribution < 1.29 is 9.53 Å². The number of hydrogen-bond acceptors (Lipinski definition) is 3. The minimum Gasteiger partial charge on any atom is -0.477 e. The van der Waals surface area contributed by atoms with Crippen LogP contribution in [0.1, 0.15) is 13.3 Å². The van der Waals surface area contributed by atoms with Gasteiger partial charge in [0, 0.05) is 0 Å². The van der Waals surface area contributed by atoms with Crippen LogP contribution < -0.4 is 16.0 Å². The number of amides is 1. The molecule has 1 amide bonds. The van der Waals surface area contributed by atoms with Crippen molar-refractivity contribution in [1.82, 2.24) is 5.43 Å². The Balaban J connectivity index is 2.90. The van der Waals surface area contributed by atoms with Gasteiger partial charge in [0.15, 0.2) is 11.9 Å². The van der Waals surface area contributed by atoms with Crippen LogP contribution in [0.15, 0.2) is 18.2 Å². The SMILES string of the molecule is CC[C@H](Oc1c(Cl)cccc1Cl)C(=O)NN. The lowest BCUT2D eigenvalue weighted by molar-refractivity contribution is -0.128. The van der Waals surface area contributed by atoms with E-state index in [0.29, 0.717) is 22.2 Å². The molecule has 0 aliphatic rings. The second-order valence-electron chi connectivity index (χ2n) is 3.07. The predicted octanol–water partition coefficient (Wildman–Crippen LogP) is 2.14. The van der Waals surface area contributed by atoms with Crippen LogP contribution in [-0.2, 0) is 4.79 Å². The van der Waals surface area contributed by atoms with Crippen molar-refractivity contribution in [2.45, 2.75) is 19.4 Å². The second kappa shape index (κ2) is 5.94. The molecule has 0 unspecified atom stereocenters. The average molecular weight is 263 g/mol. The summed E-state index contributed by atoms with van der Waals surface area (Å²) in [4.78, 5) is 11.3. The molecular formula is C10H12Cl2N2O2. The Hall–Kier alpha value is -0.970. The van der Waals surface area contributed by atoms with Gasteiger partial charge in [0.05, 0.1) is 10.0 Å². The molecule has 0 aromatic heterocycles. The van der Waals surface area contributed by atoms with Gasteiger partial charge in [-0.15, -0.1) is 0 Å². The van der Waals surface area contributed by atoms with Gasteiger partial charge in [0.2, 0.25) is 0 Å². The molecule has 0 aliphatic carbocycles. The van der Waals surface area contributed by atoms with E-state index in [1.54, 1.807) is 25.1 Å². The third kappa shape index (κ3) is 3.01. The number of ether oxygens (including phenoxy) is 1. The van der Waals surface area contributed by atoms with Crippen molar-refractivity contribution in [1.29, 1.82) is 0 Å². The van der Waals surface area contributed by atoms with Crippen LogP contribution in [0.2, 0.25) is 10.0 Å². The highest BCUT2D eigenvalue weighted by atomic mass is 35.5. The minimum absolute atomic E-state index is 0.293. The van der Waals surface area contributed by atoms with E-state index in [1.165, 1.54) is 0 Å². The van der Waals surface area contributed by atoms with Crippen LogP contribution in [0.25, 0.3) is 0 Å². The lowest BCUT2D eigenvalue weighted by Gasteiger charge is -2.17. The summed E-state index contributed by atoms with van der Waals surface area (Å²) in [5, 5.41) is 0.714. The topological polar surface area (TPSA) is 64.3 Å². The molecule has 0 bridgehead atoms. The number of para-hydroxylation sites is 1. The quantitative estimate of drug-likeness (QED) is 0.497. The fourth-order valence-electron chi connectivity index (χ4n) is 1.15. The zero-order chi connectivity index (χ0) is 12.1. The Bertz CT molecular complexity index is 365. The smallest absolute Gasteiger partial charge is 0.274 e. The van der Waals surface area contributed by atoms with E-state index in [4.69, 9.17) is 33.8 Å². The van der Waals surface area contributed by atoms with Gasteiger partial charge in [-0.2, -0.15) is 0 Å². The first-order valence-electron chi connectivity index (χ1n) is 4.71. The fraction of sp³-hybridized carbons (Fsp3) is 0.300. The summed E-state index contributed by atoms with van der Waals surface area (Å²) in [7, 11) is 0. The molecule has 0 fully saturated rings. The molecule has 0 aliphatic heterocycles. The molecule has 1 rings (SSSR count). The maximum absolute atomic E-state index is 11.3. The van der Waals surface area contributed by atoms with Gasteiger partial charge in [0.25, 0.3) is 5.91 Å². The predicted molar refractivity (Wildman–Crippen MR) is 63.5 cm³/mol. The number of hydrazine groups is 1. The first kappa shape index (κ1) is 13.1. The van der Waals surface area contributed by atoms with Crippen LogP contribution >= 0.6 is 23.2 Å². The molecule has 4 nitrogen and oxygen atoms in total. The van der Waals surface area contributed by atoms with Crippen molar-refractivity contribution in [3.8, 4) is 5.75 Å². The number of nitrogens with two attached hydrogens (primary N) is 1. The van der Waals surface area contributed by atoms with Crippen LogP contribution in [0, 0.1) is 0 Å². The van der Waals surface area contributed by atoms with E-state index in [9.17, 15) is 4.79 Å². The van der Waals surface area contributed by atoms with E-state index < -0.39 is 12.0 Å². The van der Waals surface area contributed by atoms with Gasteiger partial charge >= 0.3 is 0 Å². The molecule has 0 saturated heterocycles. The molecule has 0 radical (unpaired) electrons. The lowest BCUT2D eigenvalue weighted by atomic mass is 10.2. The number of rotatable bonds is 4. The summed E-state index contributed by atoms with van der Waals surface area (Å²) < 4.78 is 5.42. The molecule has 1 aromatic rings. The lowest BCUT2D eigenvalue weighted by Crippen LogP contribution is -2.41. The number of hydrogen-bond donors (Lipinski definition) is 2. The van der Waals surface area contributed by atoms with Gasteiger partial charge in [-0.1, -0.05) is 36.2 Å². The van der Waals surface area contributed by atoms with Crippen LogP contribution in [0.3, 0.4) is 0 Å². The zero-order valence-electron chi connectivity index (χ0n) is 8.67. The monoisotopic (exact) mass is 262 g/mol. The molecule has 3 N–H and O–H groups in total. The van der Waals surface area contributed by atoms with Gasteiger partial charge in [-0.05, 0) is 18.6 Å². The average Bonchev–Trinajstić information content (AvgIpc) is 2.28. The Labute approximate surface area is 104 Å². The number of nitrogens with one attached hydrogen (secondary N) is 1. The summed E-state index contributed by atoms with van der Waals surface area (Å²) in [6.45, 7) is 1.80. The van der Waals surface area contributed by atoms with Gasteiger partial charge < -0.3 is 4.74 Å². The van der Waals surface area contributed by atoms with Gasteiger partial charge in [-0.3, -0.25) is 10.2 Å². The molecular weight excluding hydrogens is 251 g/mol. The zero-order valence-corrected chi connectivity index (χ0v) is 10.2. The maximum Gasteiger partial charge on any atom is 0.274 e. The van der Waals surface area contributed by atoms with E-state index in [2.05, 4.69) is 0 Å². The maximum atomic E-state index is 11.3. The third-order valence-corrected chi connectivity index (χ3v) is 2.58. The van der Waals surface area contributed by atoms with Gasteiger partial charge in [-0.25, -0.2) is 5.84 Å². The first-order chi connectivity index (χ1) is 7.60. The van der Waals surface area contributed by atoms with Gasteiger partial charge in [0.1, 0.15) is 0 Å². The van der Waals surface area contributed by atoms with Crippen molar-refractivity contribution in [3.05, 3.63) is 28.2 Å². The Morgan fingerprint density at radius 3 is 2.50 bits per heavy atom. The molecule has 6 heteroatoms. The third-order valence-electron chi connectivity index (χ3n) is 1.98. The summed E-state index contributed by atoms with van der Waals surface area (Å²) in [6.07, 6.45) is -0.243. The van der Waals surface area contributed by atoms with E-state index >= 15 is 0 Å². The molecule has 88 valence electrons. The number of carbonyl (C=O) groups excluding carboxylic acids is 1. The Kier molecular flexibility index (Phi) is 4.86. The summed E-state index contributed by atoms with van der Waals surface area (Å²) in [5.74, 6) is 4.91. The van der Waals surface area contributed by atoms with E-state index in [1.807, 2.05) is 5.43 Å². The molecule has 1 aromatic carbocycles. The standard InChI is InChI=1S/C10H12Cl2N2O2/c1-2-8(10(15)14-13)16-9-6(11)4-3-5-7(9)12/h3-5,8H,2,13H2,1H3,(H,14,15)/t8-/m0/s1. The number of carbonyl (C=O) groups is 1. The number of halogens is 2. The normalized spacial score (nSPS) is 12.0. The first-order valence-corrected chi connectivity index (χ1v) is 5.46. The molecule has 0 spiro atoms. The Morgan fingerprint density at radius 2 is 2.06 bits per heavy atom. The largest absolute Gasteiger partial charge is 0.477 e.